The van der Waals surface area contributed by atoms with E-state index in [1.54, 1.807) is 36.4 Å². The number of nitrogens with two attached hydrogens (primary N) is 3. The number of nitrogens with zero attached hydrogens (tertiary/aromatic N) is 9. The van der Waals surface area contributed by atoms with E-state index in [0.717, 1.165) is 38.9 Å². The van der Waals surface area contributed by atoms with Crippen molar-refractivity contribution in [1.29, 1.82) is 0 Å². The fourth-order valence-electron chi connectivity index (χ4n) is 14.6. The Morgan fingerprint density at radius 1 is 0.455 bits per heavy atom. The molecule has 12 atom stereocenters. The molecule has 3 aromatic carbocycles. The topological polar surface area (TPSA) is 215 Å². The molecule has 0 spiro atoms. The van der Waals surface area contributed by atoms with Crippen molar-refractivity contribution >= 4 is 139 Å². The lowest BCUT2D eigenvalue weighted by Crippen LogP contribution is -2.55. The fourth-order valence-corrected chi connectivity index (χ4v) is 19.3. The maximum atomic E-state index is 15.1. The van der Waals surface area contributed by atoms with E-state index in [-0.39, 0.29) is 86.2 Å². The number of pyridine rings is 3. The molecule has 3 saturated heterocycles. The van der Waals surface area contributed by atoms with Crippen molar-refractivity contribution in [3.63, 3.8) is 0 Å². The number of amides is 3. The van der Waals surface area contributed by atoms with Gasteiger partial charge in [-0.15, -0.1) is 0 Å². The largest absolute Gasteiger partial charge is 0.378 e. The fraction of sp³-hybridized carbons (Fsp3) is 0.375. The smallest absolute Gasteiger partial charge is 0.239 e. The van der Waals surface area contributed by atoms with Crippen LogP contribution >= 0.6 is 70.1 Å². The van der Waals surface area contributed by atoms with Crippen molar-refractivity contribution in [2.75, 3.05) is 19.6 Å². The number of hydrogen-bond acceptors (Lipinski definition) is 15. The van der Waals surface area contributed by atoms with E-state index in [4.69, 9.17) is 52.0 Å². The van der Waals surface area contributed by atoms with Gasteiger partial charge in [0.25, 0.3) is 0 Å². The van der Waals surface area contributed by atoms with Gasteiger partial charge in [-0.25, -0.2) is 26.3 Å². The lowest BCUT2D eigenvalue weighted by molar-refractivity contribution is -0.139. The number of thioether (sulfide) groups is 3. The molecule has 0 bridgehead atoms. The Balaban J connectivity index is 0.000000133. The van der Waals surface area contributed by atoms with Crippen LogP contribution in [0.15, 0.2) is 125 Å². The van der Waals surface area contributed by atoms with Crippen LogP contribution in [-0.4, -0.2) is 115 Å². The number of carbonyl (C=O) groups is 3. The minimum atomic E-state index is -1.03. The Kier molecular flexibility index (Phi) is 18.6. The zero-order valence-corrected chi connectivity index (χ0v) is 59.3. The quantitative estimate of drug-likeness (QED) is 0.0976. The summed E-state index contributed by atoms with van der Waals surface area (Å²) >= 11 is 21.3. The predicted octanol–water partition coefficient (Wildman–Crippen LogP) is 15.0. The maximum absolute atomic E-state index is 15.1. The third-order valence-corrected chi connectivity index (χ3v) is 25.4. The zero-order valence-electron chi connectivity index (χ0n) is 54.6. The van der Waals surface area contributed by atoms with Crippen LogP contribution in [0.5, 0.6) is 0 Å². The summed E-state index contributed by atoms with van der Waals surface area (Å²) in [7, 11) is 0. The molecule has 6 N–H and O–H groups in total. The van der Waals surface area contributed by atoms with Crippen molar-refractivity contribution < 1.29 is 40.7 Å². The third kappa shape index (κ3) is 12.8. The summed E-state index contributed by atoms with van der Waals surface area (Å²) in [6.45, 7) is 13.7. The number of amidine groups is 3. The van der Waals surface area contributed by atoms with Gasteiger partial charge in [-0.3, -0.25) is 44.3 Å². The average Bonchev–Trinajstić information content (AvgIpc) is 1.54. The highest BCUT2D eigenvalue weighted by molar-refractivity contribution is 8.16. The summed E-state index contributed by atoms with van der Waals surface area (Å²) in [5, 5.41) is 2.02. The highest BCUT2D eigenvalue weighted by Gasteiger charge is 2.74. The van der Waals surface area contributed by atoms with Crippen molar-refractivity contribution in [2.45, 2.75) is 129 Å². The van der Waals surface area contributed by atoms with Crippen LogP contribution < -0.4 is 17.2 Å². The molecule has 15 rings (SSSR count). The SMILES string of the molecule is CC1CCN1C(=O)[C@]12C[C@H]1[C@@](C)(c1cc(/C=C(\F)c3ccc(Cl)cn3)ccc1F)N=C(N)S2.C[C@@H]1CCN1C(=O)[C@]12C[C@H]1[C@@](C)(c1cc(/C=C(\F)c3ccc(Cl)cn3)ccc1F)N=C(N)S2.C[C@H]1CCN1C(=O)[C@]12C[C@H]1[C@@](C)(c1cc(/C=C(\F)c3ccc(Cl)cn3)ccc1F)N=C(N)S2. The first-order valence-corrected chi connectivity index (χ1v) is 35.9. The Labute approximate surface area is 596 Å². The number of aromatic nitrogens is 3. The highest BCUT2D eigenvalue weighted by atomic mass is 35.5. The average molecular weight is 1470 g/mol. The Hall–Kier alpha value is -7.35. The minimum absolute atomic E-state index is 0.0524. The molecule has 3 aromatic heterocycles. The molecule has 9 heterocycles. The molecular weight excluding hydrogens is 1400 g/mol. The Bertz CT molecular complexity index is 4050. The summed E-state index contributed by atoms with van der Waals surface area (Å²) in [4.78, 5) is 71.3. The molecular formula is C72H69Cl3F6N12O3S3. The number of fused-ring (bicyclic) bond motifs is 3. The van der Waals surface area contributed by atoms with E-state index in [0.29, 0.717) is 67.7 Å². The summed E-state index contributed by atoms with van der Waals surface area (Å²) in [5.74, 6) is -3.53. The van der Waals surface area contributed by atoms with E-state index in [1.807, 2.05) is 56.2 Å². The number of likely N-dealkylation sites (tertiary alicyclic amines) is 3. The van der Waals surface area contributed by atoms with E-state index >= 15 is 13.2 Å². The number of benzene rings is 3. The Morgan fingerprint density at radius 3 is 0.929 bits per heavy atom. The van der Waals surface area contributed by atoms with E-state index < -0.39 is 65.8 Å². The minimum Gasteiger partial charge on any atom is -0.378 e. The van der Waals surface area contributed by atoms with Crippen LogP contribution in [0.25, 0.3) is 35.7 Å². The number of halogens is 9. The maximum Gasteiger partial charge on any atom is 0.239 e. The number of rotatable bonds is 12. The van der Waals surface area contributed by atoms with Crippen LogP contribution in [0.1, 0.15) is 131 Å². The third-order valence-electron chi connectivity index (χ3n) is 20.9. The highest BCUT2D eigenvalue weighted by Crippen LogP contribution is 2.69. The summed E-state index contributed by atoms with van der Waals surface area (Å²) < 4.78 is 87.4. The molecule has 15 nitrogen and oxygen atoms in total. The van der Waals surface area contributed by atoms with Gasteiger partial charge in [0.15, 0.2) is 15.5 Å². The van der Waals surface area contributed by atoms with Crippen molar-refractivity contribution in [1.82, 2.24) is 29.7 Å². The predicted molar refractivity (Wildman–Crippen MR) is 383 cm³/mol. The van der Waals surface area contributed by atoms with Gasteiger partial charge in [-0.05, 0) is 188 Å². The molecule has 6 aliphatic heterocycles. The normalized spacial score (nSPS) is 30.9. The van der Waals surface area contributed by atoms with Crippen molar-refractivity contribution in [2.24, 2.45) is 49.9 Å². The van der Waals surface area contributed by atoms with Gasteiger partial charge in [0, 0.05) is 90.8 Å². The second-order valence-corrected chi connectivity index (χ2v) is 32.6. The molecule has 9 aliphatic rings. The molecule has 3 amide bonds. The van der Waals surface area contributed by atoms with Crippen LogP contribution in [0.2, 0.25) is 15.1 Å². The van der Waals surface area contributed by atoms with Gasteiger partial charge >= 0.3 is 0 Å². The van der Waals surface area contributed by atoms with Gasteiger partial charge < -0.3 is 31.9 Å². The summed E-state index contributed by atoms with van der Waals surface area (Å²) in [6, 6.07) is 22.8. The standard InChI is InChI=1S/3C24H23ClF2N4OS/c3*1-13-7-8-31(13)21(32)24-11-20(24)23(2,30-22(28)33-24)16-9-14(3-5-17(16)26)10-18(27)19-6-4-15(25)12-29-19/h3*3-6,9-10,12-13,20H,7-8,11H2,1-2H3,(H2,28,30)/b3*18-10-/t13?,20-,23+,24-;13-,20+,23-,24+;13-,20-,23+,24-/m010/s1. The summed E-state index contributed by atoms with van der Waals surface area (Å²) in [5.41, 5.74) is 18.1. The van der Waals surface area contributed by atoms with Crippen LogP contribution in [0.3, 0.4) is 0 Å². The molecule has 3 saturated carbocycles. The molecule has 3 aliphatic carbocycles. The number of carbonyl (C=O) groups excluding carboxylic acids is 3. The number of hydrogen-bond donors (Lipinski definition) is 3. The van der Waals surface area contributed by atoms with Crippen LogP contribution in [0, 0.1) is 35.2 Å². The van der Waals surface area contributed by atoms with Gasteiger partial charge in [0.1, 0.15) is 49.2 Å². The second-order valence-electron chi connectivity index (χ2n) is 27.2. The Morgan fingerprint density at radius 2 is 0.717 bits per heavy atom. The number of aliphatic imine (C=N–C) groups is 3. The van der Waals surface area contributed by atoms with E-state index in [1.165, 1.54) is 127 Å². The van der Waals surface area contributed by atoms with Crippen LogP contribution in [-0.2, 0) is 31.0 Å². The molecule has 516 valence electrons. The van der Waals surface area contributed by atoms with Gasteiger partial charge in [0.05, 0.1) is 48.8 Å². The molecule has 27 heteroatoms. The lowest BCUT2D eigenvalue weighted by atomic mass is 9.84. The lowest BCUT2D eigenvalue weighted by Gasteiger charge is -2.43. The molecule has 99 heavy (non-hydrogen) atoms. The van der Waals surface area contributed by atoms with Crippen molar-refractivity contribution in [3.05, 3.63) is 193 Å². The first-order chi connectivity index (χ1) is 46.9. The molecule has 6 fully saturated rings. The van der Waals surface area contributed by atoms with Crippen molar-refractivity contribution in [3.8, 4) is 0 Å². The molecule has 6 aromatic rings. The van der Waals surface area contributed by atoms with E-state index in [2.05, 4.69) is 29.9 Å². The summed E-state index contributed by atoms with van der Waals surface area (Å²) in [6.07, 6.45) is 12.6. The zero-order chi connectivity index (χ0) is 70.6. The van der Waals surface area contributed by atoms with E-state index in [9.17, 15) is 27.6 Å². The molecule has 1 unspecified atom stereocenters. The second kappa shape index (κ2) is 26.2. The first kappa shape index (κ1) is 70.1. The first-order valence-electron chi connectivity index (χ1n) is 32.4. The monoisotopic (exact) mass is 1460 g/mol. The van der Waals surface area contributed by atoms with Crippen LogP contribution in [0.4, 0.5) is 26.3 Å². The van der Waals surface area contributed by atoms with Gasteiger partial charge in [0.2, 0.25) is 17.7 Å². The molecule has 0 radical (unpaired) electrons. The van der Waals surface area contributed by atoms with Gasteiger partial charge in [-0.2, -0.15) is 0 Å². The van der Waals surface area contributed by atoms with Gasteiger partial charge in [-0.1, -0.05) is 88.3 Å².